The number of fused-ring (bicyclic) bond motifs is 1. The molecule has 0 atom stereocenters. The van der Waals surface area contributed by atoms with Crippen LogP contribution in [0.15, 0.2) is 67.0 Å². The van der Waals surface area contributed by atoms with E-state index in [2.05, 4.69) is 20.3 Å². The van der Waals surface area contributed by atoms with Crippen molar-refractivity contribution >= 4 is 34.4 Å². The summed E-state index contributed by atoms with van der Waals surface area (Å²) in [6, 6.07) is 16.3. The monoisotopic (exact) mass is 352 g/mol. The molecule has 6 heteroatoms. The first kappa shape index (κ1) is 15.4. The van der Waals surface area contributed by atoms with Crippen LogP contribution in [0.25, 0.3) is 22.3 Å². The van der Waals surface area contributed by atoms with Crippen LogP contribution in [0.2, 0.25) is 5.02 Å². The Morgan fingerprint density at radius 2 is 1.96 bits per heavy atom. The average molecular weight is 353 g/mol. The molecule has 0 aliphatic heterocycles. The zero-order valence-corrected chi connectivity index (χ0v) is 13.8. The molecule has 3 aromatic heterocycles. The van der Waals surface area contributed by atoms with Gasteiger partial charge in [0.25, 0.3) is 5.91 Å². The summed E-state index contributed by atoms with van der Waals surface area (Å²) in [5.41, 5.74) is 2.92. The Morgan fingerprint density at radius 1 is 1.12 bits per heavy atom. The van der Waals surface area contributed by atoms with E-state index in [1.807, 2.05) is 42.6 Å². The molecule has 2 N–H and O–H groups in total. The zero-order chi connectivity index (χ0) is 17.2. The highest BCUT2D eigenvalue weighted by atomic mass is 35.5. The van der Waals surface area contributed by atoms with Crippen LogP contribution in [0.3, 0.4) is 0 Å². The molecule has 3 heterocycles. The second-order valence-electron chi connectivity index (χ2n) is 5.48. The first-order valence-electron chi connectivity index (χ1n) is 7.67. The highest BCUT2D eigenvalue weighted by molar-refractivity contribution is 6.31. The molecule has 126 valence electrons. The predicted octanol–water partition coefficient (Wildman–Crippen LogP) is 5.02. The summed E-state index contributed by atoms with van der Waals surface area (Å²) in [4.78, 5) is 24.2. The van der Waals surface area contributed by atoms with Crippen LogP contribution >= 0.6 is 11.6 Å². The number of nitrogens with zero attached hydrogens (tertiary/aromatic N) is 2. The van der Waals surface area contributed by atoms with Crippen molar-refractivity contribution in [3.05, 3.63) is 77.6 Å². The number of aromatic amines is 1. The molecule has 4 aromatic rings. The molecule has 25 heavy (non-hydrogen) atoms. The van der Waals surface area contributed by atoms with E-state index in [0.717, 1.165) is 22.3 Å². The van der Waals surface area contributed by atoms with E-state index in [9.17, 15) is 4.79 Å². The van der Waals surface area contributed by atoms with Gasteiger partial charge in [-0.25, -0.2) is 9.97 Å². The maximum atomic E-state index is 12.3. The van der Waals surface area contributed by atoms with Crippen molar-refractivity contribution in [1.29, 1.82) is 0 Å². The fraction of sp³-hybridized carbons (Fsp3) is 0. The minimum Gasteiger partial charge on any atom is -0.345 e. The summed E-state index contributed by atoms with van der Waals surface area (Å²) >= 11 is 6.05. The number of aromatic nitrogens is 3. The van der Waals surface area contributed by atoms with E-state index in [1.54, 1.807) is 24.4 Å². The third-order valence-electron chi connectivity index (χ3n) is 3.80. The average Bonchev–Trinajstić information content (AvgIpc) is 3.05. The Labute approximate surface area is 151 Å². The van der Waals surface area contributed by atoms with Crippen molar-refractivity contribution in [3.8, 4) is 11.3 Å². The number of anilines is 1. The number of benzene rings is 1. The lowest BCUT2D eigenvalue weighted by atomic mass is 10.1. The number of H-pyrrole nitrogens is 1. The quantitative estimate of drug-likeness (QED) is 0.543. The second kappa shape index (κ2) is 6.37. The number of pyridine rings is 2. The van der Waals surface area contributed by atoms with Gasteiger partial charge in [-0.1, -0.05) is 35.9 Å². The van der Waals surface area contributed by atoms with E-state index in [0.29, 0.717) is 16.4 Å². The SMILES string of the molecule is O=C(Nc1cccc(-c2c[nH]c3ncc(Cl)cc23)n1)c1ccccc1.[HH].[HH]. The van der Waals surface area contributed by atoms with Gasteiger partial charge in [-0.3, -0.25) is 4.79 Å². The third kappa shape index (κ3) is 3.09. The largest absolute Gasteiger partial charge is 0.345 e. The van der Waals surface area contributed by atoms with Gasteiger partial charge in [-0.2, -0.15) is 0 Å². The van der Waals surface area contributed by atoms with Gasteiger partial charge in [0.2, 0.25) is 0 Å². The normalized spacial score (nSPS) is 10.8. The molecular formula is C19H17ClN4O. The van der Waals surface area contributed by atoms with Crippen molar-refractivity contribution in [2.24, 2.45) is 0 Å². The van der Waals surface area contributed by atoms with Crippen molar-refractivity contribution in [3.63, 3.8) is 0 Å². The minimum absolute atomic E-state index is 0. The lowest BCUT2D eigenvalue weighted by Crippen LogP contribution is -2.12. The summed E-state index contributed by atoms with van der Waals surface area (Å²) in [5, 5.41) is 4.26. The van der Waals surface area contributed by atoms with E-state index < -0.39 is 0 Å². The second-order valence-corrected chi connectivity index (χ2v) is 5.92. The van der Waals surface area contributed by atoms with Crippen molar-refractivity contribution in [2.75, 3.05) is 5.32 Å². The molecule has 0 saturated carbocycles. The van der Waals surface area contributed by atoms with Crippen LogP contribution in [-0.4, -0.2) is 20.9 Å². The maximum absolute atomic E-state index is 12.3. The number of rotatable bonds is 3. The van der Waals surface area contributed by atoms with Crippen molar-refractivity contribution in [2.45, 2.75) is 0 Å². The Kier molecular flexibility index (Phi) is 3.91. The number of amides is 1. The lowest BCUT2D eigenvalue weighted by molar-refractivity contribution is 0.102. The Hall–Kier alpha value is -3.18. The zero-order valence-electron chi connectivity index (χ0n) is 13.0. The van der Waals surface area contributed by atoms with Crippen LogP contribution in [0.1, 0.15) is 13.2 Å². The first-order valence-corrected chi connectivity index (χ1v) is 8.05. The molecule has 1 aromatic carbocycles. The van der Waals surface area contributed by atoms with Crippen LogP contribution in [0.4, 0.5) is 5.82 Å². The molecule has 0 aliphatic rings. The molecule has 0 spiro atoms. The molecule has 4 rings (SSSR count). The van der Waals surface area contributed by atoms with Gasteiger partial charge in [0, 0.05) is 31.8 Å². The summed E-state index contributed by atoms with van der Waals surface area (Å²) in [6.45, 7) is 0. The fourth-order valence-corrected chi connectivity index (χ4v) is 2.78. The van der Waals surface area contributed by atoms with E-state index in [4.69, 9.17) is 11.6 Å². The summed E-state index contributed by atoms with van der Waals surface area (Å²) < 4.78 is 0. The molecule has 0 bridgehead atoms. The van der Waals surface area contributed by atoms with Gasteiger partial charge in [0.15, 0.2) is 0 Å². The Morgan fingerprint density at radius 3 is 2.80 bits per heavy atom. The number of hydrogen-bond acceptors (Lipinski definition) is 3. The minimum atomic E-state index is -0.200. The number of carbonyl (C=O) groups excluding carboxylic acids is 1. The van der Waals surface area contributed by atoms with Crippen LogP contribution in [0.5, 0.6) is 0 Å². The number of halogens is 1. The van der Waals surface area contributed by atoms with Gasteiger partial charge in [-0.05, 0) is 30.3 Å². The van der Waals surface area contributed by atoms with Gasteiger partial charge in [0.05, 0.1) is 10.7 Å². The Balaban J connectivity index is 0.00000131. The molecule has 0 saturated heterocycles. The fourth-order valence-electron chi connectivity index (χ4n) is 2.62. The summed E-state index contributed by atoms with van der Waals surface area (Å²) in [6.07, 6.45) is 3.42. The molecule has 0 radical (unpaired) electrons. The standard InChI is InChI=1S/C19H13ClN4O.2H2/c20-13-9-14-15(11-22-18(14)21-10-13)16-7-4-8-17(23-16)24-19(25)12-5-2-1-3-6-12;;/h1-11H,(H,21,22)(H,23,24,25);2*1H. The van der Waals surface area contributed by atoms with Crippen LogP contribution < -0.4 is 5.32 Å². The van der Waals surface area contributed by atoms with E-state index >= 15 is 0 Å². The Bertz CT molecular complexity index is 1070. The maximum Gasteiger partial charge on any atom is 0.256 e. The molecule has 5 nitrogen and oxygen atoms in total. The number of nitrogens with one attached hydrogen (secondary N) is 2. The van der Waals surface area contributed by atoms with E-state index in [-0.39, 0.29) is 8.76 Å². The lowest BCUT2D eigenvalue weighted by Gasteiger charge is -2.06. The highest BCUT2D eigenvalue weighted by Gasteiger charge is 2.11. The van der Waals surface area contributed by atoms with Crippen molar-refractivity contribution < 1.29 is 7.65 Å². The van der Waals surface area contributed by atoms with Crippen LogP contribution in [-0.2, 0) is 0 Å². The molecular weight excluding hydrogens is 336 g/mol. The van der Waals surface area contributed by atoms with Gasteiger partial charge in [0.1, 0.15) is 11.5 Å². The summed E-state index contributed by atoms with van der Waals surface area (Å²) in [7, 11) is 0. The smallest absolute Gasteiger partial charge is 0.256 e. The number of hydrogen-bond donors (Lipinski definition) is 2. The predicted molar refractivity (Wildman–Crippen MR) is 103 cm³/mol. The molecule has 1 amide bonds. The van der Waals surface area contributed by atoms with Gasteiger partial charge >= 0.3 is 0 Å². The topological polar surface area (TPSA) is 70.7 Å². The van der Waals surface area contributed by atoms with Gasteiger partial charge in [-0.15, -0.1) is 0 Å². The molecule has 0 unspecified atom stereocenters. The van der Waals surface area contributed by atoms with Crippen LogP contribution in [0, 0.1) is 0 Å². The van der Waals surface area contributed by atoms with Crippen molar-refractivity contribution in [1.82, 2.24) is 15.0 Å². The first-order chi connectivity index (χ1) is 12.2. The molecule has 0 fully saturated rings. The molecule has 0 aliphatic carbocycles. The van der Waals surface area contributed by atoms with Gasteiger partial charge < -0.3 is 10.3 Å². The van der Waals surface area contributed by atoms with E-state index in [1.165, 1.54) is 0 Å². The number of carbonyl (C=O) groups is 1. The summed E-state index contributed by atoms with van der Waals surface area (Å²) in [5.74, 6) is 0.282. The highest BCUT2D eigenvalue weighted by Crippen LogP contribution is 2.28. The third-order valence-corrected chi connectivity index (χ3v) is 4.01.